The van der Waals surface area contributed by atoms with E-state index in [1.165, 1.54) is 12.1 Å². The van der Waals surface area contributed by atoms with Gasteiger partial charge in [-0.15, -0.1) is 0 Å². The molecule has 0 fully saturated rings. The molecule has 22 heavy (non-hydrogen) atoms. The van der Waals surface area contributed by atoms with Gasteiger partial charge in [-0.3, -0.25) is 10.1 Å². The number of non-ortho nitro benzene ring substituents is 1. The van der Waals surface area contributed by atoms with Crippen molar-refractivity contribution < 1.29 is 9.66 Å². The Kier molecular flexibility index (Phi) is 3.57. The van der Waals surface area contributed by atoms with Crippen LogP contribution in [0, 0.1) is 10.1 Å². The van der Waals surface area contributed by atoms with E-state index in [-0.39, 0.29) is 5.69 Å². The van der Waals surface area contributed by atoms with Gasteiger partial charge in [0.2, 0.25) is 0 Å². The van der Waals surface area contributed by atoms with Gasteiger partial charge >= 0.3 is 0 Å². The van der Waals surface area contributed by atoms with Crippen LogP contribution in [0.25, 0.3) is 16.9 Å². The molecular weight excluding hydrogens is 282 g/mol. The third-order valence-corrected chi connectivity index (χ3v) is 3.33. The van der Waals surface area contributed by atoms with Crippen molar-refractivity contribution in [3.05, 3.63) is 71.2 Å². The highest BCUT2D eigenvalue weighted by molar-refractivity contribution is 5.60. The number of imidazole rings is 1. The molecule has 0 aliphatic carbocycles. The van der Waals surface area contributed by atoms with E-state index in [2.05, 4.69) is 4.98 Å². The molecule has 1 heterocycles. The smallest absolute Gasteiger partial charge is 0.269 e. The minimum absolute atomic E-state index is 0.0679. The van der Waals surface area contributed by atoms with Crippen molar-refractivity contribution >= 4 is 5.69 Å². The molecule has 3 aromatic rings. The van der Waals surface area contributed by atoms with Crippen molar-refractivity contribution in [2.75, 3.05) is 7.11 Å². The number of nitro benzene ring substituents is 1. The van der Waals surface area contributed by atoms with Crippen molar-refractivity contribution in [2.45, 2.75) is 0 Å². The quantitative estimate of drug-likeness (QED) is 0.546. The Morgan fingerprint density at radius 1 is 1.09 bits per heavy atom. The first-order valence-corrected chi connectivity index (χ1v) is 6.60. The third kappa shape index (κ3) is 2.67. The Bertz CT molecular complexity index is 792. The second kappa shape index (κ2) is 5.69. The van der Waals surface area contributed by atoms with Crippen molar-refractivity contribution in [1.29, 1.82) is 0 Å². The van der Waals surface area contributed by atoms with E-state index in [0.717, 1.165) is 22.7 Å². The van der Waals surface area contributed by atoms with Gasteiger partial charge in [-0.1, -0.05) is 0 Å². The summed E-state index contributed by atoms with van der Waals surface area (Å²) in [5, 5.41) is 10.7. The van der Waals surface area contributed by atoms with Gasteiger partial charge in [-0.2, -0.15) is 0 Å². The second-order valence-corrected chi connectivity index (χ2v) is 4.67. The minimum atomic E-state index is -0.417. The lowest BCUT2D eigenvalue weighted by Gasteiger charge is -2.03. The van der Waals surface area contributed by atoms with Gasteiger partial charge < -0.3 is 9.30 Å². The fourth-order valence-corrected chi connectivity index (χ4v) is 2.12. The molecule has 6 nitrogen and oxygen atoms in total. The monoisotopic (exact) mass is 295 g/mol. The van der Waals surface area contributed by atoms with Gasteiger partial charge in [0.1, 0.15) is 5.75 Å². The predicted molar refractivity (Wildman–Crippen MR) is 82.2 cm³/mol. The van der Waals surface area contributed by atoms with Gasteiger partial charge in [0, 0.05) is 29.6 Å². The molecule has 0 N–H and O–H groups in total. The minimum Gasteiger partial charge on any atom is -0.497 e. The van der Waals surface area contributed by atoms with Gasteiger partial charge in [-0.05, 0) is 36.4 Å². The number of aromatic nitrogens is 2. The van der Waals surface area contributed by atoms with E-state index in [4.69, 9.17) is 4.74 Å². The van der Waals surface area contributed by atoms with E-state index in [0.29, 0.717) is 0 Å². The number of hydrogen-bond donors (Lipinski definition) is 0. The lowest BCUT2D eigenvalue weighted by atomic mass is 10.1. The van der Waals surface area contributed by atoms with E-state index < -0.39 is 4.92 Å². The lowest BCUT2D eigenvalue weighted by molar-refractivity contribution is -0.384. The molecule has 0 bridgehead atoms. The highest BCUT2D eigenvalue weighted by Gasteiger charge is 2.07. The summed E-state index contributed by atoms with van der Waals surface area (Å²) in [6.07, 6.45) is 3.58. The van der Waals surface area contributed by atoms with E-state index in [1.54, 1.807) is 25.6 Å². The molecule has 2 aromatic carbocycles. The fraction of sp³-hybridized carbons (Fsp3) is 0.0625. The van der Waals surface area contributed by atoms with Crippen LogP contribution < -0.4 is 4.74 Å². The summed E-state index contributed by atoms with van der Waals surface area (Å²) >= 11 is 0. The average molecular weight is 295 g/mol. The van der Waals surface area contributed by atoms with Crippen LogP contribution in [0.5, 0.6) is 5.75 Å². The largest absolute Gasteiger partial charge is 0.497 e. The Morgan fingerprint density at radius 3 is 2.36 bits per heavy atom. The zero-order valence-corrected chi connectivity index (χ0v) is 11.8. The van der Waals surface area contributed by atoms with E-state index in [1.807, 2.05) is 35.0 Å². The fourth-order valence-electron chi connectivity index (χ4n) is 2.12. The molecule has 3 rings (SSSR count). The van der Waals surface area contributed by atoms with Crippen LogP contribution in [0.1, 0.15) is 0 Å². The number of rotatable bonds is 4. The van der Waals surface area contributed by atoms with Crippen LogP contribution in [0.15, 0.2) is 61.1 Å². The average Bonchev–Trinajstić information content (AvgIpc) is 3.05. The number of methoxy groups -OCH3 is 1. The van der Waals surface area contributed by atoms with Gasteiger partial charge in [0.05, 0.1) is 24.1 Å². The van der Waals surface area contributed by atoms with Crippen LogP contribution in [-0.4, -0.2) is 21.6 Å². The van der Waals surface area contributed by atoms with Crippen molar-refractivity contribution in [3.63, 3.8) is 0 Å². The molecule has 0 amide bonds. The maximum Gasteiger partial charge on any atom is 0.269 e. The molecule has 110 valence electrons. The van der Waals surface area contributed by atoms with E-state index in [9.17, 15) is 10.1 Å². The molecule has 0 spiro atoms. The first-order valence-electron chi connectivity index (χ1n) is 6.60. The number of hydrogen-bond acceptors (Lipinski definition) is 4. The summed E-state index contributed by atoms with van der Waals surface area (Å²) in [5.41, 5.74) is 2.61. The van der Waals surface area contributed by atoms with Crippen molar-refractivity contribution in [3.8, 4) is 22.7 Å². The summed E-state index contributed by atoms with van der Waals surface area (Å²) in [5.74, 6) is 0.791. The topological polar surface area (TPSA) is 70.2 Å². The summed E-state index contributed by atoms with van der Waals surface area (Å²) in [7, 11) is 1.62. The zero-order chi connectivity index (χ0) is 15.5. The summed E-state index contributed by atoms with van der Waals surface area (Å²) in [6, 6.07) is 13.9. The number of ether oxygens (including phenoxy) is 1. The first kappa shape index (κ1) is 13.8. The van der Waals surface area contributed by atoms with Gasteiger partial charge in [0.15, 0.2) is 0 Å². The molecular formula is C16H13N3O3. The molecule has 0 radical (unpaired) electrons. The maximum absolute atomic E-state index is 10.7. The Balaban J connectivity index is 1.87. The van der Waals surface area contributed by atoms with Crippen LogP contribution in [0.3, 0.4) is 0 Å². The number of nitro groups is 1. The molecule has 6 heteroatoms. The second-order valence-electron chi connectivity index (χ2n) is 4.67. The third-order valence-electron chi connectivity index (χ3n) is 3.33. The SMILES string of the molecule is COc1ccc(-n2cnc(-c3ccc([N+](=O)[O-])cc3)c2)cc1. The standard InChI is InChI=1S/C16H13N3O3/c1-22-15-8-6-13(7-9-15)18-10-16(17-11-18)12-2-4-14(5-3-12)19(20)21/h2-11H,1H3. The molecule has 0 aliphatic rings. The Labute approximate surface area is 126 Å². The summed E-state index contributed by atoms with van der Waals surface area (Å²) in [6.45, 7) is 0. The molecule has 0 aliphatic heterocycles. The van der Waals surface area contributed by atoms with Crippen LogP contribution >= 0.6 is 0 Å². The predicted octanol–water partition coefficient (Wildman–Crippen LogP) is 3.46. The van der Waals surface area contributed by atoms with Gasteiger partial charge in [-0.25, -0.2) is 4.98 Å². The van der Waals surface area contributed by atoms with Crippen molar-refractivity contribution in [2.24, 2.45) is 0 Å². The van der Waals surface area contributed by atoms with E-state index >= 15 is 0 Å². The highest BCUT2D eigenvalue weighted by atomic mass is 16.6. The Hall–Kier alpha value is -3.15. The number of nitrogens with zero attached hydrogens (tertiary/aromatic N) is 3. The first-order chi connectivity index (χ1) is 10.7. The lowest BCUT2D eigenvalue weighted by Crippen LogP contribution is -1.90. The maximum atomic E-state index is 10.7. The molecule has 0 unspecified atom stereocenters. The highest BCUT2D eigenvalue weighted by Crippen LogP contribution is 2.22. The molecule has 1 aromatic heterocycles. The van der Waals surface area contributed by atoms with Crippen molar-refractivity contribution in [1.82, 2.24) is 9.55 Å². The molecule has 0 atom stereocenters. The van der Waals surface area contributed by atoms with Crippen LogP contribution in [-0.2, 0) is 0 Å². The molecule has 0 saturated carbocycles. The molecule has 0 saturated heterocycles. The normalized spacial score (nSPS) is 10.4. The number of benzene rings is 2. The Morgan fingerprint density at radius 2 is 1.77 bits per heavy atom. The van der Waals surface area contributed by atoms with Crippen LogP contribution in [0.4, 0.5) is 5.69 Å². The zero-order valence-electron chi connectivity index (χ0n) is 11.8. The van der Waals surface area contributed by atoms with Gasteiger partial charge in [0.25, 0.3) is 5.69 Å². The summed E-state index contributed by atoms with van der Waals surface area (Å²) in [4.78, 5) is 14.6. The summed E-state index contributed by atoms with van der Waals surface area (Å²) < 4.78 is 7.02. The van der Waals surface area contributed by atoms with Crippen LogP contribution in [0.2, 0.25) is 0 Å².